The minimum atomic E-state index is -3.67. The lowest BCUT2D eigenvalue weighted by atomic mass is 10.1. The molecule has 0 aromatic heterocycles. The molecule has 0 spiro atoms. The van der Waals surface area contributed by atoms with Crippen molar-refractivity contribution < 1.29 is 18.0 Å². The van der Waals surface area contributed by atoms with Crippen LogP contribution in [0.15, 0.2) is 41.3 Å². The standard InChI is InChI=1S/C17H18ClN3O4S/c1-10-4-6-12(26(24,25)20-3)9-13(10)17(23)21-11-5-7-15(18)14(8-11)16(22)19-2/h4-9,20H,1-3H3,(H,19,22)(H,21,23). The molecule has 0 radical (unpaired) electrons. The van der Waals surface area contributed by atoms with Gasteiger partial charge >= 0.3 is 0 Å². The SMILES string of the molecule is CNC(=O)c1cc(NC(=O)c2cc(S(=O)(=O)NC)ccc2C)ccc1Cl. The normalized spacial score (nSPS) is 11.1. The van der Waals surface area contributed by atoms with E-state index < -0.39 is 15.9 Å². The van der Waals surface area contributed by atoms with E-state index in [-0.39, 0.29) is 27.0 Å². The van der Waals surface area contributed by atoms with Gasteiger partial charge in [-0.15, -0.1) is 0 Å². The van der Waals surface area contributed by atoms with E-state index in [4.69, 9.17) is 11.6 Å². The number of carbonyl (C=O) groups is 2. The maximum Gasteiger partial charge on any atom is 0.255 e. The molecule has 9 heteroatoms. The molecule has 0 bridgehead atoms. The predicted molar refractivity (Wildman–Crippen MR) is 100 cm³/mol. The second-order valence-electron chi connectivity index (χ2n) is 5.41. The largest absolute Gasteiger partial charge is 0.355 e. The van der Waals surface area contributed by atoms with Gasteiger partial charge in [0.15, 0.2) is 0 Å². The molecule has 26 heavy (non-hydrogen) atoms. The van der Waals surface area contributed by atoms with E-state index in [2.05, 4.69) is 15.4 Å². The fourth-order valence-electron chi connectivity index (χ4n) is 2.24. The van der Waals surface area contributed by atoms with Crippen molar-refractivity contribution in [3.8, 4) is 0 Å². The van der Waals surface area contributed by atoms with Crippen molar-refractivity contribution in [3.05, 3.63) is 58.1 Å². The lowest BCUT2D eigenvalue weighted by Crippen LogP contribution is -2.21. The van der Waals surface area contributed by atoms with Crippen molar-refractivity contribution in [2.24, 2.45) is 0 Å². The number of sulfonamides is 1. The highest BCUT2D eigenvalue weighted by Crippen LogP contribution is 2.22. The van der Waals surface area contributed by atoms with Crippen LogP contribution in [-0.4, -0.2) is 34.3 Å². The van der Waals surface area contributed by atoms with Crippen LogP contribution in [0.5, 0.6) is 0 Å². The quantitative estimate of drug-likeness (QED) is 0.721. The van der Waals surface area contributed by atoms with Gasteiger partial charge in [-0.2, -0.15) is 0 Å². The number of rotatable bonds is 5. The van der Waals surface area contributed by atoms with Crippen LogP contribution < -0.4 is 15.4 Å². The Balaban J connectivity index is 2.37. The van der Waals surface area contributed by atoms with Gasteiger partial charge in [0.25, 0.3) is 11.8 Å². The molecular formula is C17H18ClN3O4S. The molecule has 0 aliphatic rings. The fourth-order valence-corrected chi connectivity index (χ4v) is 3.20. The number of benzene rings is 2. The molecular weight excluding hydrogens is 378 g/mol. The summed E-state index contributed by atoms with van der Waals surface area (Å²) in [4.78, 5) is 24.4. The molecule has 0 heterocycles. The van der Waals surface area contributed by atoms with Crippen molar-refractivity contribution in [2.75, 3.05) is 19.4 Å². The summed E-state index contributed by atoms with van der Waals surface area (Å²) in [6, 6.07) is 8.77. The summed E-state index contributed by atoms with van der Waals surface area (Å²) in [6.07, 6.45) is 0. The Labute approximate surface area is 156 Å². The molecule has 7 nitrogen and oxygen atoms in total. The minimum Gasteiger partial charge on any atom is -0.355 e. The lowest BCUT2D eigenvalue weighted by Gasteiger charge is -2.11. The van der Waals surface area contributed by atoms with Crippen molar-refractivity contribution in [1.29, 1.82) is 0 Å². The van der Waals surface area contributed by atoms with Crippen molar-refractivity contribution >= 4 is 39.1 Å². The third-order valence-corrected chi connectivity index (χ3v) is 5.47. The van der Waals surface area contributed by atoms with Crippen LogP contribution in [-0.2, 0) is 10.0 Å². The predicted octanol–water partition coefficient (Wildman–Crippen LogP) is 2.17. The summed E-state index contributed by atoms with van der Waals surface area (Å²) < 4.78 is 26.1. The first-order chi connectivity index (χ1) is 12.2. The number of hydrogen-bond acceptors (Lipinski definition) is 4. The Kier molecular flexibility index (Phi) is 6.01. The Morgan fingerprint density at radius 3 is 2.27 bits per heavy atom. The van der Waals surface area contributed by atoms with Gasteiger partial charge in [0, 0.05) is 18.3 Å². The zero-order valence-electron chi connectivity index (χ0n) is 14.4. The number of nitrogens with one attached hydrogen (secondary N) is 3. The molecule has 3 N–H and O–H groups in total. The number of halogens is 1. The van der Waals surface area contributed by atoms with Crippen molar-refractivity contribution in [3.63, 3.8) is 0 Å². The molecule has 138 valence electrons. The second kappa shape index (κ2) is 7.86. The van der Waals surface area contributed by atoms with Crippen molar-refractivity contribution in [1.82, 2.24) is 10.0 Å². The highest BCUT2D eigenvalue weighted by Gasteiger charge is 2.17. The van der Waals surface area contributed by atoms with Gasteiger partial charge in [-0.1, -0.05) is 17.7 Å². The van der Waals surface area contributed by atoms with E-state index in [1.54, 1.807) is 19.1 Å². The number of amides is 2. The van der Waals surface area contributed by atoms with Crippen LogP contribution in [0.4, 0.5) is 5.69 Å². The van der Waals surface area contributed by atoms with Gasteiger partial charge in [-0.25, -0.2) is 13.1 Å². The highest BCUT2D eigenvalue weighted by molar-refractivity contribution is 7.89. The van der Waals surface area contributed by atoms with E-state index in [9.17, 15) is 18.0 Å². The maximum absolute atomic E-state index is 12.6. The first-order valence-electron chi connectivity index (χ1n) is 7.56. The number of anilines is 1. The van der Waals surface area contributed by atoms with Gasteiger partial charge in [-0.05, 0) is 49.9 Å². The minimum absolute atomic E-state index is 0.0158. The zero-order chi connectivity index (χ0) is 19.5. The molecule has 2 rings (SSSR count). The summed E-state index contributed by atoms with van der Waals surface area (Å²) in [5, 5.41) is 5.36. The molecule has 0 atom stereocenters. The molecule has 0 aliphatic carbocycles. The smallest absolute Gasteiger partial charge is 0.255 e. The number of aryl methyl sites for hydroxylation is 1. The second-order valence-corrected chi connectivity index (χ2v) is 7.71. The average Bonchev–Trinajstić information content (AvgIpc) is 2.62. The molecule has 2 aromatic carbocycles. The van der Waals surface area contributed by atoms with Gasteiger partial charge < -0.3 is 10.6 Å². The molecule has 2 aromatic rings. The first kappa shape index (κ1) is 19.9. The molecule has 2 amide bonds. The van der Waals surface area contributed by atoms with E-state index >= 15 is 0 Å². The van der Waals surface area contributed by atoms with Gasteiger partial charge in [0.2, 0.25) is 10.0 Å². The third kappa shape index (κ3) is 4.21. The van der Waals surface area contributed by atoms with Gasteiger partial charge in [0.1, 0.15) is 0 Å². The van der Waals surface area contributed by atoms with Crippen LogP contribution in [0, 0.1) is 6.92 Å². The van der Waals surface area contributed by atoms with E-state index in [1.807, 2.05) is 0 Å². The Morgan fingerprint density at radius 1 is 0.962 bits per heavy atom. The summed E-state index contributed by atoms with van der Waals surface area (Å²) >= 11 is 5.99. The molecule has 0 saturated carbocycles. The molecule has 0 aliphatic heterocycles. The maximum atomic E-state index is 12.6. The van der Waals surface area contributed by atoms with Gasteiger partial charge in [-0.3, -0.25) is 9.59 Å². The van der Waals surface area contributed by atoms with Crippen LogP contribution >= 0.6 is 11.6 Å². The number of hydrogen-bond donors (Lipinski definition) is 3. The Bertz CT molecular complexity index is 974. The van der Waals surface area contributed by atoms with E-state index in [0.29, 0.717) is 11.3 Å². The third-order valence-electron chi connectivity index (χ3n) is 3.73. The number of carbonyl (C=O) groups excluding carboxylic acids is 2. The monoisotopic (exact) mass is 395 g/mol. The Morgan fingerprint density at radius 2 is 1.65 bits per heavy atom. The molecule has 0 saturated heterocycles. The average molecular weight is 396 g/mol. The van der Waals surface area contributed by atoms with Crippen LogP contribution in [0.25, 0.3) is 0 Å². The summed E-state index contributed by atoms with van der Waals surface area (Å²) in [6.45, 7) is 1.70. The topological polar surface area (TPSA) is 104 Å². The zero-order valence-corrected chi connectivity index (χ0v) is 16.0. The molecule has 0 unspecified atom stereocenters. The van der Waals surface area contributed by atoms with E-state index in [0.717, 1.165) is 0 Å². The van der Waals surface area contributed by atoms with Crippen LogP contribution in [0.1, 0.15) is 26.3 Å². The summed E-state index contributed by atoms with van der Waals surface area (Å²) in [5.41, 5.74) is 1.39. The first-order valence-corrected chi connectivity index (χ1v) is 9.43. The van der Waals surface area contributed by atoms with E-state index in [1.165, 1.54) is 38.4 Å². The van der Waals surface area contributed by atoms with Crippen LogP contribution in [0.3, 0.4) is 0 Å². The van der Waals surface area contributed by atoms with Crippen molar-refractivity contribution in [2.45, 2.75) is 11.8 Å². The Hall–Kier alpha value is -2.42. The highest BCUT2D eigenvalue weighted by atomic mass is 35.5. The summed E-state index contributed by atoms with van der Waals surface area (Å²) in [5.74, 6) is -0.884. The fraction of sp³-hybridized carbons (Fsp3) is 0.176. The summed E-state index contributed by atoms with van der Waals surface area (Å²) in [7, 11) is -0.903. The molecule has 0 fully saturated rings. The van der Waals surface area contributed by atoms with Crippen LogP contribution in [0.2, 0.25) is 5.02 Å². The van der Waals surface area contributed by atoms with Gasteiger partial charge in [0.05, 0.1) is 15.5 Å². The lowest BCUT2D eigenvalue weighted by molar-refractivity contribution is 0.0961.